The molecule has 1 aromatic carbocycles. The minimum absolute atomic E-state index is 0.310. The van der Waals surface area contributed by atoms with Crippen LogP contribution in [0.3, 0.4) is 0 Å². The van der Waals surface area contributed by atoms with Crippen molar-refractivity contribution in [3.8, 4) is 0 Å². The summed E-state index contributed by atoms with van der Waals surface area (Å²) in [5.41, 5.74) is 0.869. The quantitative estimate of drug-likeness (QED) is 0.665. The molecule has 0 N–H and O–H groups in total. The predicted octanol–water partition coefficient (Wildman–Crippen LogP) is 4.33. The maximum absolute atomic E-state index is 12.2. The average Bonchev–Trinajstić information content (AvgIpc) is 3.13. The second-order valence-electron chi connectivity index (χ2n) is 5.68. The van der Waals surface area contributed by atoms with Crippen molar-refractivity contribution >= 4 is 5.78 Å². The molecule has 0 spiro atoms. The van der Waals surface area contributed by atoms with Gasteiger partial charge in [0.2, 0.25) is 0 Å². The largest absolute Gasteiger partial charge is 0.294 e. The first-order chi connectivity index (χ1) is 8.16. The molecular formula is C16H22O. The van der Waals surface area contributed by atoms with Gasteiger partial charge in [-0.05, 0) is 24.2 Å². The van der Waals surface area contributed by atoms with Gasteiger partial charge in [-0.25, -0.2) is 0 Å². The van der Waals surface area contributed by atoms with Crippen LogP contribution in [0.5, 0.6) is 0 Å². The molecule has 0 radical (unpaired) electrons. The minimum Gasteiger partial charge on any atom is -0.294 e. The Morgan fingerprint density at radius 3 is 2.41 bits per heavy atom. The topological polar surface area (TPSA) is 17.1 Å². The fourth-order valence-corrected chi connectivity index (χ4v) is 2.35. The summed E-state index contributed by atoms with van der Waals surface area (Å²) in [6, 6.07) is 9.70. The van der Waals surface area contributed by atoms with E-state index >= 15 is 0 Å². The Morgan fingerprint density at radius 2 is 1.88 bits per heavy atom. The number of ketones is 1. The van der Waals surface area contributed by atoms with Gasteiger partial charge in [0.15, 0.2) is 5.78 Å². The number of Topliss-reactive ketones (excluding diaryl/α,β-unsaturated/α-hetero) is 1. The molecule has 92 valence electrons. The lowest BCUT2D eigenvalue weighted by atomic mass is 9.85. The number of carbonyl (C=O) groups excluding carboxylic acids is 1. The van der Waals surface area contributed by atoms with Crippen molar-refractivity contribution in [3.05, 3.63) is 35.9 Å². The fraction of sp³-hybridized carbons (Fsp3) is 0.562. The van der Waals surface area contributed by atoms with Crippen LogP contribution in [0.15, 0.2) is 30.3 Å². The van der Waals surface area contributed by atoms with E-state index in [2.05, 4.69) is 13.8 Å². The monoisotopic (exact) mass is 230 g/mol. The standard InChI is InChI=1S/C16H22O/c1-12(2)15(10-13-8-9-13)11-16(17)14-6-4-3-5-7-14/h3-7,12-13,15H,8-11H2,1-2H3. The van der Waals surface area contributed by atoms with Crippen molar-refractivity contribution < 1.29 is 4.79 Å². The summed E-state index contributed by atoms with van der Waals surface area (Å²) in [6.07, 6.45) is 4.72. The first-order valence-corrected chi connectivity index (χ1v) is 6.75. The molecule has 0 heterocycles. The zero-order chi connectivity index (χ0) is 12.3. The highest BCUT2D eigenvalue weighted by Gasteiger charge is 2.28. The maximum atomic E-state index is 12.2. The number of hydrogen-bond donors (Lipinski definition) is 0. The number of carbonyl (C=O) groups is 1. The van der Waals surface area contributed by atoms with E-state index in [4.69, 9.17) is 0 Å². The lowest BCUT2D eigenvalue weighted by Gasteiger charge is -2.19. The van der Waals surface area contributed by atoms with E-state index in [1.54, 1.807) is 0 Å². The molecule has 0 aromatic heterocycles. The van der Waals surface area contributed by atoms with Gasteiger partial charge >= 0.3 is 0 Å². The third kappa shape index (κ3) is 3.69. The maximum Gasteiger partial charge on any atom is 0.163 e. The fourth-order valence-electron chi connectivity index (χ4n) is 2.35. The van der Waals surface area contributed by atoms with Gasteiger partial charge in [-0.15, -0.1) is 0 Å². The zero-order valence-corrected chi connectivity index (χ0v) is 10.9. The molecule has 2 rings (SSSR count). The summed E-state index contributed by atoms with van der Waals surface area (Å²) in [5.74, 6) is 2.40. The van der Waals surface area contributed by atoms with Crippen LogP contribution >= 0.6 is 0 Å². The van der Waals surface area contributed by atoms with Crippen LogP contribution in [-0.2, 0) is 0 Å². The minimum atomic E-state index is 0.310. The summed E-state index contributed by atoms with van der Waals surface area (Å²) in [7, 11) is 0. The van der Waals surface area contributed by atoms with Crippen LogP contribution in [0, 0.1) is 17.8 Å². The lowest BCUT2D eigenvalue weighted by Crippen LogP contribution is -2.15. The first-order valence-electron chi connectivity index (χ1n) is 6.75. The number of benzene rings is 1. The Bertz CT molecular complexity index is 362. The molecule has 17 heavy (non-hydrogen) atoms. The van der Waals surface area contributed by atoms with E-state index < -0.39 is 0 Å². The Balaban J connectivity index is 1.95. The van der Waals surface area contributed by atoms with Gasteiger partial charge in [0, 0.05) is 12.0 Å². The second-order valence-corrected chi connectivity index (χ2v) is 5.68. The van der Waals surface area contributed by atoms with Crippen LogP contribution in [0.4, 0.5) is 0 Å². The van der Waals surface area contributed by atoms with Crippen LogP contribution in [0.2, 0.25) is 0 Å². The van der Waals surface area contributed by atoms with Gasteiger partial charge in [-0.1, -0.05) is 57.0 Å². The molecule has 1 aromatic rings. The molecule has 0 amide bonds. The summed E-state index contributed by atoms with van der Waals surface area (Å²) in [4.78, 5) is 12.2. The smallest absolute Gasteiger partial charge is 0.163 e. The van der Waals surface area contributed by atoms with Crippen LogP contribution in [0.25, 0.3) is 0 Å². The molecule has 1 atom stereocenters. The van der Waals surface area contributed by atoms with Crippen molar-refractivity contribution in [2.75, 3.05) is 0 Å². The predicted molar refractivity (Wildman–Crippen MR) is 71.1 cm³/mol. The van der Waals surface area contributed by atoms with Gasteiger partial charge in [0.25, 0.3) is 0 Å². The molecular weight excluding hydrogens is 208 g/mol. The zero-order valence-electron chi connectivity index (χ0n) is 10.9. The van der Waals surface area contributed by atoms with Crippen molar-refractivity contribution in [2.24, 2.45) is 17.8 Å². The average molecular weight is 230 g/mol. The molecule has 1 unspecified atom stereocenters. The van der Waals surface area contributed by atoms with Gasteiger partial charge in [-0.2, -0.15) is 0 Å². The van der Waals surface area contributed by atoms with Gasteiger partial charge in [0.1, 0.15) is 0 Å². The van der Waals surface area contributed by atoms with Crippen molar-refractivity contribution in [3.63, 3.8) is 0 Å². The Hall–Kier alpha value is -1.11. The highest BCUT2D eigenvalue weighted by Crippen LogP contribution is 2.38. The summed E-state index contributed by atoms with van der Waals surface area (Å²) < 4.78 is 0. The van der Waals surface area contributed by atoms with Crippen molar-refractivity contribution in [1.82, 2.24) is 0 Å². The molecule has 1 heteroatoms. The normalized spacial score (nSPS) is 17.1. The first kappa shape index (κ1) is 12.3. The lowest BCUT2D eigenvalue weighted by molar-refractivity contribution is 0.0942. The summed E-state index contributed by atoms with van der Waals surface area (Å²) in [6.45, 7) is 4.48. The van der Waals surface area contributed by atoms with E-state index in [-0.39, 0.29) is 0 Å². The van der Waals surface area contributed by atoms with E-state index in [1.807, 2.05) is 30.3 Å². The van der Waals surface area contributed by atoms with E-state index in [1.165, 1.54) is 19.3 Å². The second kappa shape index (κ2) is 5.48. The van der Waals surface area contributed by atoms with Gasteiger partial charge in [0.05, 0.1) is 0 Å². The van der Waals surface area contributed by atoms with Crippen molar-refractivity contribution in [2.45, 2.75) is 39.5 Å². The molecule has 1 aliphatic rings. The van der Waals surface area contributed by atoms with Gasteiger partial charge in [-0.3, -0.25) is 4.79 Å². The Morgan fingerprint density at radius 1 is 1.24 bits per heavy atom. The molecule has 0 saturated heterocycles. The van der Waals surface area contributed by atoms with E-state index in [0.29, 0.717) is 17.6 Å². The highest BCUT2D eigenvalue weighted by atomic mass is 16.1. The molecule has 1 aliphatic carbocycles. The van der Waals surface area contributed by atoms with Gasteiger partial charge < -0.3 is 0 Å². The highest BCUT2D eigenvalue weighted by molar-refractivity contribution is 5.96. The van der Waals surface area contributed by atoms with E-state index in [9.17, 15) is 4.79 Å². The molecule has 0 bridgehead atoms. The summed E-state index contributed by atoms with van der Waals surface area (Å²) in [5, 5.41) is 0. The number of hydrogen-bond acceptors (Lipinski definition) is 1. The number of rotatable bonds is 6. The third-order valence-electron chi connectivity index (χ3n) is 3.82. The molecule has 0 aliphatic heterocycles. The van der Waals surface area contributed by atoms with E-state index in [0.717, 1.165) is 17.9 Å². The summed E-state index contributed by atoms with van der Waals surface area (Å²) >= 11 is 0. The SMILES string of the molecule is CC(C)C(CC(=O)c1ccccc1)CC1CC1. The third-order valence-corrected chi connectivity index (χ3v) is 3.82. The van der Waals surface area contributed by atoms with Crippen LogP contribution < -0.4 is 0 Å². The Kier molecular flexibility index (Phi) is 3.98. The van der Waals surface area contributed by atoms with Crippen LogP contribution in [-0.4, -0.2) is 5.78 Å². The van der Waals surface area contributed by atoms with Crippen LogP contribution in [0.1, 0.15) is 49.9 Å². The Labute approximate surface area is 104 Å². The molecule has 1 nitrogen and oxygen atoms in total. The van der Waals surface area contributed by atoms with Crippen molar-refractivity contribution in [1.29, 1.82) is 0 Å². The molecule has 1 saturated carbocycles. The molecule has 1 fully saturated rings.